The van der Waals surface area contributed by atoms with Crippen LogP contribution in [-0.2, 0) is 26.0 Å². The second-order valence-corrected chi connectivity index (χ2v) is 8.88. The Morgan fingerprint density at radius 3 is 2.69 bits per heavy atom. The molecule has 7 nitrogen and oxygen atoms in total. The summed E-state index contributed by atoms with van der Waals surface area (Å²) in [5.74, 6) is -0.822. The highest BCUT2D eigenvalue weighted by Gasteiger charge is 2.30. The second-order valence-electron chi connectivity index (χ2n) is 6.97. The van der Waals surface area contributed by atoms with Crippen molar-refractivity contribution in [3.8, 4) is 5.75 Å². The van der Waals surface area contributed by atoms with Crippen molar-refractivity contribution in [1.29, 1.82) is 0 Å². The number of rotatable bonds is 4. The number of sulfonamides is 1. The lowest BCUT2D eigenvalue weighted by molar-refractivity contribution is -0.121. The fourth-order valence-electron chi connectivity index (χ4n) is 3.45. The normalized spacial score (nSPS) is 19.8. The lowest BCUT2D eigenvalue weighted by Gasteiger charge is -2.26. The molecule has 154 valence electrons. The van der Waals surface area contributed by atoms with E-state index in [1.165, 1.54) is 10.4 Å². The van der Waals surface area contributed by atoms with Crippen LogP contribution in [0.25, 0.3) is 0 Å². The molecule has 0 radical (unpaired) electrons. The van der Waals surface area contributed by atoms with Gasteiger partial charge in [-0.05, 0) is 36.2 Å². The Morgan fingerprint density at radius 2 is 1.90 bits per heavy atom. The first-order valence-corrected chi connectivity index (χ1v) is 10.8. The van der Waals surface area contributed by atoms with E-state index in [0.717, 1.165) is 23.4 Å². The number of nitrogens with one attached hydrogen (secondary N) is 1. The fourth-order valence-corrected chi connectivity index (χ4v) is 4.94. The third-order valence-electron chi connectivity index (χ3n) is 5.04. The van der Waals surface area contributed by atoms with Crippen LogP contribution in [-0.4, -0.2) is 51.5 Å². The summed E-state index contributed by atoms with van der Waals surface area (Å²) in [5, 5.41) is 2.69. The van der Waals surface area contributed by atoms with Crippen molar-refractivity contribution in [2.24, 2.45) is 5.92 Å². The van der Waals surface area contributed by atoms with Crippen LogP contribution in [0.15, 0.2) is 47.4 Å². The molecule has 1 unspecified atom stereocenters. The predicted octanol–water partition coefficient (Wildman–Crippen LogP) is 2.04. The number of hydrogen-bond donors (Lipinski definition) is 1. The minimum absolute atomic E-state index is 0.164. The molecule has 2 aromatic rings. The van der Waals surface area contributed by atoms with Gasteiger partial charge in [0.25, 0.3) is 0 Å². The number of ether oxygens (including phenoxy) is 2. The molecule has 1 saturated heterocycles. The number of halogens is 1. The molecular formula is C20H21FN2O5S. The summed E-state index contributed by atoms with van der Waals surface area (Å²) in [6, 6.07) is 11.1. The van der Waals surface area contributed by atoms with Gasteiger partial charge in [0.05, 0.1) is 19.1 Å². The van der Waals surface area contributed by atoms with Crippen LogP contribution in [0.3, 0.4) is 0 Å². The maximum absolute atomic E-state index is 14.3. The van der Waals surface area contributed by atoms with Crippen LogP contribution in [0.2, 0.25) is 0 Å². The van der Waals surface area contributed by atoms with Crippen molar-refractivity contribution in [2.45, 2.75) is 11.3 Å². The van der Waals surface area contributed by atoms with E-state index in [1.54, 1.807) is 0 Å². The molecule has 2 aliphatic rings. The summed E-state index contributed by atoms with van der Waals surface area (Å²) in [6.07, 6.45) is 0.516. The summed E-state index contributed by atoms with van der Waals surface area (Å²) in [5.41, 5.74) is 1.16. The van der Waals surface area contributed by atoms with Crippen molar-refractivity contribution in [3.05, 3.63) is 53.8 Å². The lowest BCUT2D eigenvalue weighted by Crippen LogP contribution is -2.41. The topological polar surface area (TPSA) is 84.9 Å². The molecule has 0 aliphatic carbocycles. The van der Waals surface area contributed by atoms with Gasteiger partial charge in [0, 0.05) is 18.8 Å². The Morgan fingerprint density at radius 1 is 1.14 bits per heavy atom. The molecule has 2 aromatic carbocycles. The number of carbonyl (C=O) groups excluding carboxylic acids is 1. The number of morpholine rings is 1. The number of fused-ring (bicyclic) bond motifs is 1. The molecule has 4 rings (SSSR count). The molecule has 0 spiro atoms. The molecule has 0 aromatic heterocycles. The number of para-hydroxylation sites is 1. The Bertz CT molecular complexity index is 1020. The second kappa shape index (κ2) is 8.10. The van der Waals surface area contributed by atoms with Gasteiger partial charge in [-0.3, -0.25) is 4.79 Å². The standard InChI is InChI=1S/C20H21FN2O5S/c21-17-6-5-16(12-19(17)29(25,26)23-7-9-27-10-8-23)22-20(24)15-11-14-3-1-2-4-18(14)28-13-15/h1-6,12,15H,7-11,13H2,(H,22,24). The van der Waals surface area contributed by atoms with Gasteiger partial charge in [-0.1, -0.05) is 18.2 Å². The van der Waals surface area contributed by atoms with Gasteiger partial charge in [0.2, 0.25) is 15.9 Å². The van der Waals surface area contributed by atoms with E-state index in [2.05, 4.69) is 5.32 Å². The van der Waals surface area contributed by atoms with E-state index < -0.39 is 26.7 Å². The molecule has 0 saturated carbocycles. The molecule has 2 heterocycles. The smallest absolute Gasteiger partial charge is 0.246 e. The minimum Gasteiger partial charge on any atom is -0.492 e. The summed E-state index contributed by atoms with van der Waals surface area (Å²) in [7, 11) is -4.01. The Kier molecular flexibility index (Phi) is 5.53. The lowest BCUT2D eigenvalue weighted by atomic mass is 9.96. The number of carbonyl (C=O) groups is 1. The highest BCUT2D eigenvalue weighted by molar-refractivity contribution is 7.89. The number of nitrogens with zero attached hydrogens (tertiary/aromatic N) is 1. The van der Waals surface area contributed by atoms with E-state index in [9.17, 15) is 17.6 Å². The predicted molar refractivity (Wildman–Crippen MR) is 104 cm³/mol. The van der Waals surface area contributed by atoms with Crippen molar-refractivity contribution in [3.63, 3.8) is 0 Å². The first-order valence-electron chi connectivity index (χ1n) is 9.34. The first kappa shape index (κ1) is 19.8. The average Bonchev–Trinajstić information content (AvgIpc) is 2.75. The molecular weight excluding hydrogens is 399 g/mol. The largest absolute Gasteiger partial charge is 0.492 e. The summed E-state index contributed by atoms with van der Waals surface area (Å²) >= 11 is 0. The summed E-state index contributed by atoms with van der Waals surface area (Å²) < 4.78 is 51.9. The average molecular weight is 420 g/mol. The highest BCUT2D eigenvalue weighted by Crippen LogP contribution is 2.28. The highest BCUT2D eigenvalue weighted by atomic mass is 32.2. The molecule has 2 aliphatic heterocycles. The van der Waals surface area contributed by atoms with Gasteiger partial charge in [-0.25, -0.2) is 12.8 Å². The zero-order chi connectivity index (χ0) is 20.4. The monoisotopic (exact) mass is 420 g/mol. The van der Waals surface area contributed by atoms with E-state index in [1.807, 2.05) is 24.3 Å². The third kappa shape index (κ3) is 4.12. The number of anilines is 1. The van der Waals surface area contributed by atoms with Gasteiger partial charge >= 0.3 is 0 Å². The third-order valence-corrected chi connectivity index (χ3v) is 6.95. The molecule has 1 N–H and O–H groups in total. The van der Waals surface area contributed by atoms with Crippen LogP contribution >= 0.6 is 0 Å². The van der Waals surface area contributed by atoms with E-state index in [4.69, 9.17) is 9.47 Å². The van der Waals surface area contributed by atoms with Gasteiger partial charge in [0.1, 0.15) is 23.1 Å². The maximum atomic E-state index is 14.3. The van der Waals surface area contributed by atoms with Crippen molar-refractivity contribution < 1.29 is 27.1 Å². The summed E-state index contributed by atoms with van der Waals surface area (Å²) in [6.45, 7) is 1.08. The fraction of sp³-hybridized carbons (Fsp3) is 0.350. The first-order chi connectivity index (χ1) is 13.9. The van der Waals surface area contributed by atoms with Crippen LogP contribution in [0.5, 0.6) is 5.75 Å². The molecule has 9 heteroatoms. The van der Waals surface area contributed by atoms with Gasteiger partial charge in [0.15, 0.2) is 0 Å². The molecule has 0 bridgehead atoms. The van der Waals surface area contributed by atoms with E-state index in [-0.39, 0.29) is 44.5 Å². The minimum atomic E-state index is -4.01. The van der Waals surface area contributed by atoms with Crippen molar-refractivity contribution in [1.82, 2.24) is 4.31 Å². The molecule has 1 atom stereocenters. The van der Waals surface area contributed by atoms with Gasteiger partial charge in [-0.2, -0.15) is 4.31 Å². The molecule has 29 heavy (non-hydrogen) atoms. The van der Waals surface area contributed by atoms with Crippen LogP contribution in [0.1, 0.15) is 5.56 Å². The number of amides is 1. The van der Waals surface area contributed by atoms with E-state index >= 15 is 0 Å². The van der Waals surface area contributed by atoms with Crippen LogP contribution in [0.4, 0.5) is 10.1 Å². The number of hydrogen-bond acceptors (Lipinski definition) is 5. The van der Waals surface area contributed by atoms with Crippen molar-refractivity contribution >= 4 is 21.6 Å². The molecule has 1 fully saturated rings. The molecule has 1 amide bonds. The van der Waals surface area contributed by atoms with Gasteiger partial charge < -0.3 is 14.8 Å². The summed E-state index contributed by atoms with van der Waals surface area (Å²) in [4.78, 5) is 12.2. The van der Waals surface area contributed by atoms with Gasteiger partial charge in [-0.15, -0.1) is 0 Å². The van der Waals surface area contributed by atoms with Crippen LogP contribution in [0, 0.1) is 11.7 Å². The van der Waals surface area contributed by atoms with Crippen molar-refractivity contribution in [2.75, 3.05) is 38.2 Å². The van der Waals surface area contributed by atoms with Crippen LogP contribution < -0.4 is 10.1 Å². The van der Waals surface area contributed by atoms with E-state index in [0.29, 0.717) is 6.42 Å². The Labute approximate surface area is 168 Å². The zero-order valence-electron chi connectivity index (χ0n) is 15.6. The number of benzene rings is 2. The quantitative estimate of drug-likeness (QED) is 0.818. The zero-order valence-corrected chi connectivity index (χ0v) is 16.5. The maximum Gasteiger partial charge on any atom is 0.246 e. The SMILES string of the molecule is O=C(Nc1ccc(F)c(S(=O)(=O)N2CCOCC2)c1)C1COc2ccccc2C1. The Balaban J connectivity index is 1.51. The Hall–Kier alpha value is -2.49.